The average Bonchev–Trinajstić information content (AvgIpc) is 3.55. The molecule has 1 unspecified atom stereocenters. The molecule has 3 heterocycles. The molecule has 1 atom stereocenters. The second-order valence-electron chi connectivity index (χ2n) is 7.79. The molecular weight excluding hydrogens is 436 g/mol. The maximum Gasteiger partial charge on any atom is 0.243 e. The number of fused-ring (bicyclic) bond motifs is 2. The second kappa shape index (κ2) is 8.91. The average molecular weight is 459 g/mol. The highest BCUT2D eigenvalue weighted by atomic mass is 32.1. The van der Waals surface area contributed by atoms with Crippen LogP contribution in [0.4, 0.5) is 0 Å². The quantitative estimate of drug-likeness (QED) is 0.337. The van der Waals surface area contributed by atoms with E-state index in [-0.39, 0.29) is 18.4 Å². The number of carbonyl (C=O) groups is 2. The van der Waals surface area contributed by atoms with Gasteiger partial charge in [0.25, 0.3) is 0 Å². The molecule has 0 spiro atoms. The van der Waals surface area contributed by atoms with Crippen LogP contribution in [-0.2, 0) is 22.6 Å². The largest absolute Gasteiger partial charge is 0.457 e. The lowest BCUT2D eigenvalue weighted by atomic mass is 10.0. The van der Waals surface area contributed by atoms with Gasteiger partial charge < -0.3 is 20.0 Å². The lowest BCUT2D eigenvalue weighted by molar-refractivity contribution is -0.128. The van der Waals surface area contributed by atoms with Crippen LogP contribution in [0.3, 0.4) is 0 Å². The summed E-state index contributed by atoms with van der Waals surface area (Å²) in [6.45, 7) is 1.63. The SMILES string of the molecule is CC(=O)NC(Cc1c[nH]c2ccccc12)C(=O)NCc1ccc(-c2nc3ccccc3s2)o1. The van der Waals surface area contributed by atoms with Crippen molar-refractivity contribution in [2.45, 2.75) is 25.9 Å². The van der Waals surface area contributed by atoms with Gasteiger partial charge in [0.1, 0.15) is 11.8 Å². The summed E-state index contributed by atoms with van der Waals surface area (Å²) in [4.78, 5) is 32.5. The molecule has 0 aliphatic carbocycles. The zero-order chi connectivity index (χ0) is 22.8. The molecular formula is C25H22N4O3S. The number of hydrogen-bond donors (Lipinski definition) is 3. The number of carbonyl (C=O) groups excluding carboxylic acids is 2. The van der Waals surface area contributed by atoms with E-state index in [4.69, 9.17) is 4.42 Å². The highest BCUT2D eigenvalue weighted by molar-refractivity contribution is 7.21. The predicted molar refractivity (Wildman–Crippen MR) is 129 cm³/mol. The Bertz CT molecular complexity index is 1420. The Labute approximate surface area is 193 Å². The van der Waals surface area contributed by atoms with Crippen molar-refractivity contribution in [1.29, 1.82) is 0 Å². The summed E-state index contributed by atoms with van der Waals surface area (Å²) in [6.07, 6.45) is 2.26. The molecule has 0 bridgehead atoms. The molecule has 3 aromatic heterocycles. The topological polar surface area (TPSA) is 100 Å². The molecule has 166 valence electrons. The van der Waals surface area contributed by atoms with Crippen LogP contribution >= 0.6 is 11.3 Å². The van der Waals surface area contributed by atoms with Crippen molar-refractivity contribution in [3.8, 4) is 10.8 Å². The van der Waals surface area contributed by atoms with Crippen molar-refractivity contribution >= 4 is 44.3 Å². The van der Waals surface area contributed by atoms with Crippen LogP contribution in [-0.4, -0.2) is 27.8 Å². The van der Waals surface area contributed by atoms with Gasteiger partial charge in [-0.25, -0.2) is 4.98 Å². The van der Waals surface area contributed by atoms with Crippen LogP contribution in [0.5, 0.6) is 0 Å². The highest BCUT2D eigenvalue weighted by Crippen LogP contribution is 2.31. The molecule has 0 radical (unpaired) electrons. The Kier molecular flexibility index (Phi) is 5.66. The summed E-state index contributed by atoms with van der Waals surface area (Å²) in [5.74, 6) is 0.753. The van der Waals surface area contributed by atoms with Crippen LogP contribution in [0.1, 0.15) is 18.2 Å². The summed E-state index contributed by atoms with van der Waals surface area (Å²) in [5, 5.41) is 7.47. The Morgan fingerprint density at radius 2 is 1.91 bits per heavy atom. The number of furan rings is 1. The van der Waals surface area contributed by atoms with E-state index in [1.807, 2.05) is 66.9 Å². The van der Waals surface area contributed by atoms with Gasteiger partial charge in [-0.2, -0.15) is 0 Å². The number of amides is 2. The summed E-state index contributed by atoms with van der Waals surface area (Å²) in [5.41, 5.74) is 2.89. The molecule has 0 aliphatic heterocycles. The summed E-state index contributed by atoms with van der Waals surface area (Å²) < 4.78 is 7.01. The van der Waals surface area contributed by atoms with Crippen molar-refractivity contribution < 1.29 is 14.0 Å². The first-order valence-corrected chi connectivity index (χ1v) is 11.4. The number of aromatic nitrogens is 2. The van der Waals surface area contributed by atoms with Crippen LogP contribution in [0.25, 0.3) is 31.9 Å². The number of aromatic amines is 1. The molecule has 0 aliphatic rings. The van der Waals surface area contributed by atoms with Crippen molar-refractivity contribution in [3.63, 3.8) is 0 Å². The Hall–Kier alpha value is -3.91. The fraction of sp³-hybridized carbons (Fsp3) is 0.160. The summed E-state index contributed by atoms with van der Waals surface area (Å²) in [6, 6.07) is 18.8. The van der Waals surface area contributed by atoms with Crippen molar-refractivity contribution in [2.24, 2.45) is 0 Å². The molecule has 7 nitrogen and oxygen atoms in total. The minimum absolute atomic E-state index is 0.216. The predicted octanol–water partition coefficient (Wildman–Crippen LogP) is 4.40. The summed E-state index contributed by atoms with van der Waals surface area (Å²) in [7, 11) is 0. The number of nitrogens with one attached hydrogen (secondary N) is 3. The highest BCUT2D eigenvalue weighted by Gasteiger charge is 2.22. The van der Waals surface area contributed by atoms with Crippen molar-refractivity contribution in [1.82, 2.24) is 20.6 Å². The maximum atomic E-state index is 12.9. The molecule has 5 aromatic rings. The number of rotatable bonds is 7. The van der Waals surface area contributed by atoms with E-state index in [0.29, 0.717) is 17.9 Å². The van der Waals surface area contributed by atoms with Gasteiger partial charge in [0.05, 0.1) is 16.8 Å². The number of nitrogens with zero attached hydrogens (tertiary/aromatic N) is 1. The number of H-pyrrole nitrogens is 1. The summed E-state index contributed by atoms with van der Waals surface area (Å²) >= 11 is 1.56. The maximum absolute atomic E-state index is 12.9. The van der Waals surface area contributed by atoms with Crippen LogP contribution in [0, 0.1) is 0 Å². The third-order valence-electron chi connectivity index (χ3n) is 5.40. The monoisotopic (exact) mass is 458 g/mol. The van der Waals surface area contributed by atoms with E-state index in [0.717, 1.165) is 31.7 Å². The van der Waals surface area contributed by atoms with Gasteiger partial charge >= 0.3 is 0 Å². The van der Waals surface area contributed by atoms with Crippen LogP contribution in [0.2, 0.25) is 0 Å². The minimum Gasteiger partial charge on any atom is -0.457 e. The zero-order valence-electron chi connectivity index (χ0n) is 17.9. The van der Waals surface area contributed by atoms with Gasteiger partial charge in [-0.05, 0) is 35.9 Å². The number of thiazole rings is 1. The number of hydrogen-bond acceptors (Lipinski definition) is 5. The molecule has 5 rings (SSSR count). The fourth-order valence-electron chi connectivity index (χ4n) is 3.84. The molecule has 0 fully saturated rings. The van der Waals surface area contributed by atoms with E-state index >= 15 is 0 Å². The molecule has 33 heavy (non-hydrogen) atoms. The van der Waals surface area contributed by atoms with Gasteiger partial charge in [0, 0.05) is 30.4 Å². The van der Waals surface area contributed by atoms with Gasteiger partial charge in [-0.3, -0.25) is 9.59 Å². The molecule has 3 N–H and O–H groups in total. The Balaban J connectivity index is 1.27. The van der Waals surface area contributed by atoms with E-state index in [1.54, 1.807) is 11.3 Å². The first-order chi connectivity index (χ1) is 16.1. The van der Waals surface area contributed by atoms with E-state index in [9.17, 15) is 9.59 Å². The smallest absolute Gasteiger partial charge is 0.243 e. The van der Waals surface area contributed by atoms with Gasteiger partial charge in [-0.15, -0.1) is 11.3 Å². The van der Waals surface area contributed by atoms with E-state index in [1.165, 1.54) is 6.92 Å². The van der Waals surface area contributed by atoms with Crippen molar-refractivity contribution in [3.05, 3.63) is 78.2 Å². The first-order valence-electron chi connectivity index (χ1n) is 10.6. The molecule has 2 amide bonds. The van der Waals surface area contributed by atoms with E-state index < -0.39 is 6.04 Å². The third-order valence-corrected chi connectivity index (χ3v) is 6.45. The van der Waals surface area contributed by atoms with Gasteiger partial charge in [-0.1, -0.05) is 30.3 Å². The third kappa shape index (κ3) is 4.51. The zero-order valence-corrected chi connectivity index (χ0v) is 18.7. The van der Waals surface area contributed by atoms with Crippen LogP contribution < -0.4 is 10.6 Å². The molecule has 8 heteroatoms. The standard InChI is InChI=1S/C25H22N4O3S/c1-15(30)28-21(12-16-13-26-19-7-3-2-6-18(16)19)24(31)27-14-17-10-11-22(32-17)25-29-20-8-4-5-9-23(20)33-25/h2-11,13,21,26H,12,14H2,1H3,(H,27,31)(H,28,30). The molecule has 2 aromatic carbocycles. The molecule has 0 saturated carbocycles. The van der Waals surface area contributed by atoms with Crippen LogP contribution in [0.15, 0.2) is 71.3 Å². The first kappa shape index (κ1) is 21.0. The number of benzene rings is 2. The van der Waals surface area contributed by atoms with Gasteiger partial charge in [0.15, 0.2) is 10.8 Å². The minimum atomic E-state index is -0.694. The Morgan fingerprint density at radius 3 is 2.76 bits per heavy atom. The molecule has 0 saturated heterocycles. The van der Waals surface area contributed by atoms with Gasteiger partial charge in [0.2, 0.25) is 11.8 Å². The van der Waals surface area contributed by atoms with E-state index in [2.05, 4.69) is 20.6 Å². The van der Waals surface area contributed by atoms with Crippen molar-refractivity contribution in [2.75, 3.05) is 0 Å². The lowest BCUT2D eigenvalue weighted by Crippen LogP contribution is -2.47. The number of para-hydroxylation sites is 2. The Morgan fingerprint density at radius 1 is 1.09 bits per heavy atom. The second-order valence-corrected chi connectivity index (χ2v) is 8.82. The fourth-order valence-corrected chi connectivity index (χ4v) is 4.77. The lowest BCUT2D eigenvalue weighted by Gasteiger charge is -2.17. The normalized spacial score (nSPS) is 12.2.